The largest absolute Gasteiger partial charge is 0.507 e. The summed E-state index contributed by atoms with van der Waals surface area (Å²) < 4.78 is 12.9. The molecule has 0 fully saturated rings. The monoisotopic (exact) mass is 274 g/mol. The van der Waals surface area contributed by atoms with Crippen LogP contribution in [0, 0.1) is 5.82 Å². The quantitative estimate of drug-likeness (QED) is 0.753. The molecule has 0 aromatic heterocycles. The maximum atomic E-state index is 12.9. The maximum Gasteiger partial charge on any atom is 0.255 e. The van der Waals surface area contributed by atoms with Crippen molar-refractivity contribution >= 4 is 11.6 Å². The summed E-state index contributed by atoms with van der Waals surface area (Å²) in [5.41, 5.74) is 7.17. The Morgan fingerprint density at radius 1 is 1.30 bits per heavy atom. The Kier molecular flexibility index (Phi) is 3.89. The van der Waals surface area contributed by atoms with E-state index in [1.165, 1.54) is 6.07 Å². The topological polar surface area (TPSA) is 75.3 Å². The molecule has 0 aliphatic rings. The third-order valence-corrected chi connectivity index (χ3v) is 2.96. The number of anilines is 1. The Morgan fingerprint density at radius 2 is 2.05 bits per heavy atom. The molecule has 20 heavy (non-hydrogen) atoms. The fourth-order valence-corrected chi connectivity index (χ4v) is 1.88. The van der Waals surface area contributed by atoms with Crippen LogP contribution in [0.15, 0.2) is 42.5 Å². The van der Waals surface area contributed by atoms with E-state index in [1.807, 2.05) is 6.07 Å². The molecule has 1 atom stereocenters. The molecule has 5 heteroatoms. The second-order valence-electron chi connectivity index (χ2n) is 4.53. The van der Waals surface area contributed by atoms with Crippen LogP contribution in [0.4, 0.5) is 10.1 Å². The molecule has 0 bridgehead atoms. The molecule has 2 aromatic carbocycles. The fourth-order valence-electron chi connectivity index (χ4n) is 1.88. The van der Waals surface area contributed by atoms with E-state index in [0.29, 0.717) is 5.69 Å². The Hall–Kier alpha value is -2.56. The van der Waals surface area contributed by atoms with Crippen LogP contribution in [0.3, 0.4) is 0 Å². The zero-order valence-corrected chi connectivity index (χ0v) is 10.9. The number of carbonyl (C=O) groups is 1. The summed E-state index contributed by atoms with van der Waals surface area (Å²) in [7, 11) is 0. The van der Waals surface area contributed by atoms with Crippen LogP contribution in [0.1, 0.15) is 28.9 Å². The molecular weight excluding hydrogens is 259 g/mol. The number of aromatic hydroxyl groups is 1. The highest BCUT2D eigenvalue weighted by atomic mass is 19.1. The van der Waals surface area contributed by atoms with E-state index in [9.17, 15) is 14.3 Å². The van der Waals surface area contributed by atoms with E-state index in [0.717, 1.165) is 17.7 Å². The predicted octanol–water partition coefficient (Wildman–Crippen LogP) is 2.60. The molecule has 104 valence electrons. The molecule has 0 saturated carbocycles. The summed E-state index contributed by atoms with van der Waals surface area (Å²) in [6.45, 7) is 1.80. The first-order chi connectivity index (χ1) is 9.47. The second-order valence-corrected chi connectivity index (χ2v) is 4.53. The van der Waals surface area contributed by atoms with Crippen molar-refractivity contribution in [2.24, 2.45) is 0 Å². The van der Waals surface area contributed by atoms with Crippen molar-refractivity contribution in [3.63, 3.8) is 0 Å². The smallest absolute Gasteiger partial charge is 0.255 e. The van der Waals surface area contributed by atoms with Gasteiger partial charge >= 0.3 is 0 Å². The van der Waals surface area contributed by atoms with E-state index < -0.39 is 11.7 Å². The first kappa shape index (κ1) is 13.9. The number of benzene rings is 2. The van der Waals surface area contributed by atoms with Crippen LogP contribution in [0.5, 0.6) is 5.75 Å². The molecule has 0 spiro atoms. The van der Waals surface area contributed by atoms with E-state index in [4.69, 9.17) is 5.73 Å². The van der Waals surface area contributed by atoms with Crippen LogP contribution < -0.4 is 11.1 Å². The zero-order chi connectivity index (χ0) is 14.7. The van der Waals surface area contributed by atoms with E-state index >= 15 is 0 Å². The highest BCUT2D eigenvalue weighted by molar-refractivity contribution is 5.97. The van der Waals surface area contributed by atoms with Gasteiger partial charge in [0.25, 0.3) is 5.91 Å². The van der Waals surface area contributed by atoms with E-state index in [1.54, 1.807) is 25.1 Å². The Morgan fingerprint density at radius 3 is 2.70 bits per heavy atom. The van der Waals surface area contributed by atoms with Gasteiger partial charge in [-0.2, -0.15) is 0 Å². The number of amides is 1. The van der Waals surface area contributed by atoms with Crippen LogP contribution in [-0.2, 0) is 0 Å². The summed E-state index contributed by atoms with van der Waals surface area (Å²) in [5, 5.41) is 12.3. The molecular formula is C15H15FN2O2. The molecule has 4 N–H and O–H groups in total. The number of hydrogen-bond acceptors (Lipinski definition) is 3. The summed E-state index contributed by atoms with van der Waals surface area (Å²) in [4.78, 5) is 12.0. The van der Waals surface area contributed by atoms with Crippen LogP contribution >= 0.6 is 0 Å². The highest BCUT2D eigenvalue weighted by Gasteiger charge is 2.15. The summed E-state index contributed by atoms with van der Waals surface area (Å²) >= 11 is 0. The van der Waals surface area contributed by atoms with Crippen molar-refractivity contribution in [2.45, 2.75) is 13.0 Å². The van der Waals surface area contributed by atoms with Gasteiger partial charge in [-0.3, -0.25) is 4.79 Å². The van der Waals surface area contributed by atoms with Crippen molar-refractivity contribution in [1.82, 2.24) is 5.32 Å². The number of nitrogens with one attached hydrogen (secondary N) is 1. The first-order valence-electron chi connectivity index (χ1n) is 6.12. The second kappa shape index (κ2) is 5.61. The van der Waals surface area contributed by atoms with Gasteiger partial charge in [0.15, 0.2) is 0 Å². The number of nitrogen functional groups attached to an aromatic ring is 1. The first-order valence-corrected chi connectivity index (χ1v) is 6.12. The highest BCUT2D eigenvalue weighted by Crippen LogP contribution is 2.20. The normalized spacial score (nSPS) is 11.9. The van der Waals surface area contributed by atoms with Crippen molar-refractivity contribution in [2.75, 3.05) is 5.73 Å². The Bertz CT molecular complexity index is 644. The van der Waals surface area contributed by atoms with Gasteiger partial charge in [0.05, 0.1) is 11.6 Å². The average Bonchev–Trinajstić information content (AvgIpc) is 2.38. The molecule has 0 heterocycles. The third kappa shape index (κ3) is 3.06. The lowest BCUT2D eigenvalue weighted by Crippen LogP contribution is -2.26. The van der Waals surface area contributed by atoms with Gasteiger partial charge in [0.2, 0.25) is 0 Å². The summed E-state index contributed by atoms with van der Waals surface area (Å²) in [6.07, 6.45) is 0. The number of phenols is 1. The van der Waals surface area contributed by atoms with Gasteiger partial charge in [0, 0.05) is 11.8 Å². The van der Waals surface area contributed by atoms with Crippen molar-refractivity contribution < 1.29 is 14.3 Å². The fraction of sp³-hybridized carbons (Fsp3) is 0.133. The van der Waals surface area contributed by atoms with Crippen LogP contribution in [0.2, 0.25) is 0 Å². The third-order valence-electron chi connectivity index (χ3n) is 2.96. The lowest BCUT2D eigenvalue weighted by atomic mass is 10.1. The molecule has 1 amide bonds. The molecule has 0 saturated heterocycles. The number of halogens is 1. The van der Waals surface area contributed by atoms with Crippen LogP contribution in [0.25, 0.3) is 0 Å². The number of rotatable bonds is 3. The number of phenolic OH excluding ortho intramolecular Hbond substituents is 1. The Balaban J connectivity index is 2.15. The van der Waals surface area contributed by atoms with Gasteiger partial charge in [0.1, 0.15) is 11.6 Å². The van der Waals surface area contributed by atoms with Gasteiger partial charge < -0.3 is 16.2 Å². The molecule has 2 rings (SSSR count). The minimum atomic E-state index is -0.595. The molecule has 1 unspecified atom stereocenters. The molecule has 0 radical (unpaired) electrons. The predicted molar refractivity (Wildman–Crippen MR) is 74.8 cm³/mol. The maximum absolute atomic E-state index is 12.9. The summed E-state index contributed by atoms with van der Waals surface area (Å²) in [5.74, 6) is -1.46. The standard InChI is InChI=1S/C15H15FN2O2/c1-9(10-3-2-4-12(17)7-10)18-15(20)13-6-5-11(16)8-14(13)19/h2-9,19H,17H2,1H3,(H,18,20). The number of hydrogen-bond donors (Lipinski definition) is 3. The van der Waals surface area contributed by atoms with Gasteiger partial charge in [-0.25, -0.2) is 4.39 Å². The zero-order valence-electron chi connectivity index (χ0n) is 10.9. The van der Waals surface area contributed by atoms with Crippen LogP contribution in [-0.4, -0.2) is 11.0 Å². The minimum Gasteiger partial charge on any atom is -0.507 e. The van der Waals surface area contributed by atoms with E-state index in [-0.39, 0.29) is 17.4 Å². The lowest BCUT2D eigenvalue weighted by molar-refractivity contribution is 0.0937. The van der Waals surface area contributed by atoms with Gasteiger partial charge in [-0.05, 0) is 36.8 Å². The SMILES string of the molecule is CC(NC(=O)c1ccc(F)cc1O)c1cccc(N)c1. The minimum absolute atomic E-state index is 0.0298. The number of carbonyl (C=O) groups excluding carboxylic acids is 1. The average molecular weight is 274 g/mol. The van der Waals surface area contributed by atoms with Crippen molar-refractivity contribution in [3.8, 4) is 5.75 Å². The molecule has 2 aromatic rings. The van der Waals surface area contributed by atoms with Gasteiger partial charge in [-0.1, -0.05) is 12.1 Å². The molecule has 0 aliphatic heterocycles. The Labute approximate surface area is 116 Å². The van der Waals surface area contributed by atoms with Crippen molar-refractivity contribution in [3.05, 3.63) is 59.4 Å². The lowest BCUT2D eigenvalue weighted by Gasteiger charge is -2.15. The number of nitrogens with two attached hydrogens (primary N) is 1. The molecule has 4 nitrogen and oxygen atoms in total. The van der Waals surface area contributed by atoms with Crippen molar-refractivity contribution in [1.29, 1.82) is 0 Å². The summed E-state index contributed by atoms with van der Waals surface area (Å²) in [6, 6.07) is 10.1. The van der Waals surface area contributed by atoms with Gasteiger partial charge in [-0.15, -0.1) is 0 Å². The van der Waals surface area contributed by atoms with E-state index in [2.05, 4.69) is 5.32 Å². The molecule has 0 aliphatic carbocycles.